The van der Waals surface area contributed by atoms with Crippen LogP contribution in [0.4, 0.5) is 0 Å². The summed E-state index contributed by atoms with van der Waals surface area (Å²) in [7, 11) is 0. The van der Waals surface area contributed by atoms with Crippen molar-refractivity contribution in [1.29, 1.82) is 0 Å². The van der Waals surface area contributed by atoms with Crippen LogP contribution in [0.3, 0.4) is 0 Å². The Labute approximate surface area is 295 Å². The van der Waals surface area contributed by atoms with E-state index in [2.05, 4.69) is 73.2 Å². The Bertz CT molecular complexity index is 1910. The van der Waals surface area contributed by atoms with Gasteiger partial charge in [-0.1, -0.05) is 41.7 Å². The quantitative estimate of drug-likeness (QED) is 0.132. The molecule has 0 unspecified atom stereocenters. The highest BCUT2D eigenvalue weighted by Crippen LogP contribution is 2.36. The molecule has 0 amide bonds. The Morgan fingerprint density at radius 2 is 1.86 bits per heavy atom. The van der Waals surface area contributed by atoms with Crippen LogP contribution in [0.15, 0.2) is 86.2 Å². The molecule has 4 aromatic rings. The maximum absolute atomic E-state index is 14.1. The van der Waals surface area contributed by atoms with Gasteiger partial charge in [-0.2, -0.15) is 0 Å². The summed E-state index contributed by atoms with van der Waals surface area (Å²) in [6, 6.07) is 18.8. The summed E-state index contributed by atoms with van der Waals surface area (Å²) in [5.74, 6) is 0.823. The summed E-state index contributed by atoms with van der Waals surface area (Å²) in [6.45, 7) is 8.05. The molecule has 0 bridgehead atoms. The summed E-state index contributed by atoms with van der Waals surface area (Å²) < 4.78 is 22.6. The van der Waals surface area contributed by atoms with Crippen molar-refractivity contribution < 1.29 is 19.0 Å². The molecule has 0 N–H and O–H groups in total. The smallest absolute Gasteiger partial charge is 0.338 e. The van der Waals surface area contributed by atoms with Crippen molar-refractivity contribution in [2.75, 3.05) is 6.61 Å². The Morgan fingerprint density at radius 3 is 2.55 bits per heavy atom. The highest BCUT2D eigenvalue weighted by Gasteiger charge is 2.35. The number of esters is 1. The molecule has 0 saturated carbocycles. The van der Waals surface area contributed by atoms with Gasteiger partial charge in [-0.25, -0.2) is 9.79 Å². The number of hydrogen-bond acceptors (Lipinski definition) is 7. The van der Waals surface area contributed by atoms with Gasteiger partial charge in [0.1, 0.15) is 24.1 Å². The van der Waals surface area contributed by atoms with Gasteiger partial charge in [0, 0.05) is 9.13 Å². The molecule has 3 aromatic carbocycles. The van der Waals surface area contributed by atoms with Crippen LogP contribution in [0.5, 0.6) is 11.5 Å². The van der Waals surface area contributed by atoms with Gasteiger partial charge in [0.15, 0.2) is 4.80 Å². The number of ether oxygens (including phenoxy) is 3. The van der Waals surface area contributed by atoms with Crippen LogP contribution in [0.2, 0.25) is 0 Å². The van der Waals surface area contributed by atoms with Crippen LogP contribution in [-0.4, -0.2) is 23.2 Å². The third kappa shape index (κ3) is 7.15. The van der Waals surface area contributed by atoms with Crippen molar-refractivity contribution in [3.63, 3.8) is 0 Å². The number of fused-ring (bicyclic) bond motifs is 1. The fourth-order valence-corrected chi connectivity index (χ4v) is 8.02. The Hall–Kier alpha value is -2.49. The van der Waals surface area contributed by atoms with Gasteiger partial charge >= 0.3 is 5.97 Å². The molecule has 1 aliphatic heterocycles. The molecule has 2 heterocycles. The molecule has 5 rings (SSSR count). The number of nitrogens with zero attached hydrogens (tertiary/aromatic N) is 2. The van der Waals surface area contributed by atoms with E-state index in [-0.39, 0.29) is 18.3 Å². The molecular formula is C33H29BrI2N2O5S. The molecular weight excluding hydrogens is 870 g/mol. The van der Waals surface area contributed by atoms with E-state index in [1.807, 2.05) is 68.5 Å². The third-order valence-corrected chi connectivity index (χ3v) is 9.80. The minimum atomic E-state index is -0.758. The van der Waals surface area contributed by atoms with Crippen molar-refractivity contribution in [2.45, 2.75) is 46.4 Å². The summed E-state index contributed by atoms with van der Waals surface area (Å²) in [6.07, 6.45) is 1.74. The maximum atomic E-state index is 14.1. The Balaban J connectivity index is 1.58. The van der Waals surface area contributed by atoms with Crippen molar-refractivity contribution >= 4 is 84.5 Å². The minimum absolute atomic E-state index is 0.104. The van der Waals surface area contributed by atoms with E-state index in [1.54, 1.807) is 18.4 Å². The second-order valence-corrected chi connectivity index (χ2v) is 14.5. The third-order valence-electron chi connectivity index (χ3n) is 6.71. The molecule has 1 aliphatic rings. The first kappa shape index (κ1) is 32.9. The molecule has 0 aliphatic carbocycles. The van der Waals surface area contributed by atoms with E-state index >= 15 is 0 Å². The van der Waals surface area contributed by atoms with Crippen molar-refractivity contribution in [2.24, 2.45) is 4.99 Å². The summed E-state index contributed by atoms with van der Waals surface area (Å²) in [5.41, 5.74) is 3.17. The summed E-state index contributed by atoms with van der Waals surface area (Å²) >= 11 is 9.47. The van der Waals surface area contributed by atoms with Gasteiger partial charge in [-0.05, 0) is 136 Å². The Kier molecular flexibility index (Phi) is 10.7. The first-order valence-corrected chi connectivity index (χ1v) is 17.7. The fourth-order valence-electron chi connectivity index (χ4n) is 4.84. The maximum Gasteiger partial charge on any atom is 0.338 e. The number of thiazole rings is 1. The zero-order valence-corrected chi connectivity index (χ0v) is 31.1. The molecule has 0 radical (unpaired) electrons. The largest absolute Gasteiger partial charge is 0.491 e. The van der Waals surface area contributed by atoms with Gasteiger partial charge < -0.3 is 14.2 Å². The predicted octanol–water partition coefficient (Wildman–Crippen LogP) is 7.14. The minimum Gasteiger partial charge on any atom is -0.491 e. The van der Waals surface area contributed by atoms with Crippen LogP contribution < -0.4 is 24.4 Å². The number of aromatic nitrogens is 1. The van der Waals surface area contributed by atoms with Crippen LogP contribution in [0.25, 0.3) is 6.08 Å². The van der Waals surface area contributed by atoms with E-state index < -0.39 is 12.0 Å². The Morgan fingerprint density at radius 1 is 1.14 bits per heavy atom. The fraction of sp³-hybridized carbons (Fsp3) is 0.242. The SMILES string of the molecule is CCOC(=O)C1=C(C)N=c2s/c(=C/c3cc(Br)c(OCc4ccc(I)cc4)c(I)c3)c(=O)n2[C@H]1c1ccccc1OC(C)C. The summed E-state index contributed by atoms with van der Waals surface area (Å²) in [4.78, 5) is 32.6. The molecule has 0 fully saturated rings. The highest BCUT2D eigenvalue weighted by molar-refractivity contribution is 14.1. The molecule has 0 spiro atoms. The standard InChI is InChI=1S/C33H29BrI2N2O5S/c1-5-41-32(40)28-19(4)37-33-38(29(28)23-8-6-7-9-26(23)43-18(2)3)31(39)27(44-33)16-21-14-24(34)30(25(36)15-21)42-17-20-10-12-22(35)13-11-20/h6-16,18,29H,5,17H2,1-4H3/b27-16+/t29-/m0/s1. The van der Waals surface area contributed by atoms with Crippen LogP contribution in [-0.2, 0) is 16.1 Å². The lowest BCUT2D eigenvalue weighted by molar-refractivity contribution is -0.139. The lowest BCUT2D eigenvalue weighted by Crippen LogP contribution is -2.40. The topological polar surface area (TPSA) is 79.1 Å². The van der Waals surface area contributed by atoms with Gasteiger partial charge in [0.05, 0.1) is 36.6 Å². The lowest BCUT2D eigenvalue weighted by Gasteiger charge is -2.26. The monoisotopic (exact) mass is 898 g/mol. The molecule has 11 heteroatoms. The lowest BCUT2D eigenvalue weighted by atomic mass is 9.95. The van der Waals surface area contributed by atoms with E-state index in [0.29, 0.717) is 38.5 Å². The first-order valence-electron chi connectivity index (χ1n) is 13.9. The molecule has 7 nitrogen and oxygen atoms in total. The van der Waals surface area contributed by atoms with Crippen molar-refractivity contribution in [1.82, 2.24) is 4.57 Å². The van der Waals surface area contributed by atoms with E-state index in [0.717, 1.165) is 24.9 Å². The van der Waals surface area contributed by atoms with E-state index in [1.165, 1.54) is 14.9 Å². The van der Waals surface area contributed by atoms with E-state index in [9.17, 15) is 9.59 Å². The molecule has 1 aromatic heterocycles. The zero-order chi connectivity index (χ0) is 31.5. The van der Waals surface area contributed by atoms with Crippen molar-refractivity contribution in [3.8, 4) is 11.5 Å². The number of hydrogen-bond donors (Lipinski definition) is 0. The van der Waals surface area contributed by atoms with Gasteiger partial charge in [-0.3, -0.25) is 9.36 Å². The van der Waals surface area contributed by atoms with E-state index in [4.69, 9.17) is 19.2 Å². The predicted molar refractivity (Wildman–Crippen MR) is 193 cm³/mol. The number of benzene rings is 3. The average molecular weight is 899 g/mol. The summed E-state index contributed by atoms with van der Waals surface area (Å²) in [5, 5.41) is 0. The second-order valence-electron chi connectivity index (χ2n) is 10.2. The van der Waals surface area contributed by atoms with Crippen LogP contribution >= 0.6 is 72.4 Å². The number of para-hydroxylation sites is 1. The molecule has 44 heavy (non-hydrogen) atoms. The van der Waals surface area contributed by atoms with Crippen LogP contribution in [0.1, 0.15) is 50.4 Å². The average Bonchev–Trinajstić information content (AvgIpc) is 3.26. The van der Waals surface area contributed by atoms with Crippen LogP contribution in [0, 0.1) is 7.14 Å². The molecule has 0 saturated heterocycles. The van der Waals surface area contributed by atoms with Gasteiger partial charge in [0.2, 0.25) is 0 Å². The number of carbonyl (C=O) groups excluding carboxylic acids is 1. The normalized spacial score (nSPS) is 14.8. The number of halogens is 3. The second kappa shape index (κ2) is 14.3. The van der Waals surface area contributed by atoms with Crippen molar-refractivity contribution in [3.05, 3.63) is 120 Å². The highest BCUT2D eigenvalue weighted by atomic mass is 127. The first-order chi connectivity index (χ1) is 21.1. The molecule has 228 valence electrons. The zero-order valence-electron chi connectivity index (χ0n) is 24.4. The molecule has 1 atom stereocenters. The number of carbonyl (C=O) groups is 1. The van der Waals surface area contributed by atoms with Gasteiger partial charge in [0.25, 0.3) is 5.56 Å². The number of rotatable bonds is 9. The van der Waals surface area contributed by atoms with Gasteiger partial charge in [-0.15, -0.1) is 0 Å². The number of allylic oxidation sites excluding steroid dienone is 1.